The van der Waals surface area contributed by atoms with Crippen molar-refractivity contribution in [3.63, 3.8) is 0 Å². The lowest BCUT2D eigenvalue weighted by molar-refractivity contribution is -0.142. The highest BCUT2D eigenvalue weighted by Crippen LogP contribution is 2.16. The van der Waals surface area contributed by atoms with Gasteiger partial charge in [0, 0.05) is 6.42 Å². The minimum atomic E-state index is -0.810. The molecular weight excluding hydrogens is 196 g/mol. The summed E-state index contributed by atoms with van der Waals surface area (Å²) in [7, 11) is 0. The van der Waals surface area contributed by atoms with Crippen molar-refractivity contribution in [3.8, 4) is 0 Å². The normalized spacial score (nSPS) is 12.3. The van der Waals surface area contributed by atoms with Gasteiger partial charge in [-0.15, -0.1) is 0 Å². The van der Waals surface area contributed by atoms with Gasteiger partial charge in [0.2, 0.25) is 0 Å². The van der Waals surface area contributed by atoms with Crippen LogP contribution in [0.2, 0.25) is 0 Å². The van der Waals surface area contributed by atoms with Crippen LogP contribution in [0.3, 0.4) is 0 Å². The monoisotopic (exact) mass is 216 g/mol. The standard InChI is InChI=1S/C11H20O4/c1-2-3-6-9(11(14)15)7-4-5-8-10(12)13/h9H,2-8H2,1H3,(H,12,13)(H,14,15). The lowest BCUT2D eigenvalue weighted by atomic mass is 9.96. The molecule has 0 spiro atoms. The van der Waals surface area contributed by atoms with Gasteiger partial charge < -0.3 is 10.2 Å². The van der Waals surface area contributed by atoms with E-state index in [2.05, 4.69) is 0 Å². The van der Waals surface area contributed by atoms with E-state index < -0.39 is 11.9 Å². The molecule has 0 aromatic heterocycles. The van der Waals surface area contributed by atoms with Crippen LogP contribution in [0.4, 0.5) is 0 Å². The van der Waals surface area contributed by atoms with Crippen LogP contribution in [0.5, 0.6) is 0 Å². The van der Waals surface area contributed by atoms with Crippen molar-refractivity contribution in [1.29, 1.82) is 0 Å². The van der Waals surface area contributed by atoms with E-state index in [9.17, 15) is 9.59 Å². The maximum atomic E-state index is 10.8. The van der Waals surface area contributed by atoms with E-state index in [1.54, 1.807) is 0 Å². The van der Waals surface area contributed by atoms with Crippen LogP contribution in [-0.4, -0.2) is 22.2 Å². The molecule has 15 heavy (non-hydrogen) atoms. The molecule has 4 heteroatoms. The molecule has 0 aliphatic heterocycles. The largest absolute Gasteiger partial charge is 0.481 e. The first kappa shape index (κ1) is 13.9. The number of carbonyl (C=O) groups is 2. The molecule has 0 aromatic carbocycles. The van der Waals surface area contributed by atoms with Crippen molar-refractivity contribution < 1.29 is 19.8 Å². The quantitative estimate of drug-likeness (QED) is 0.581. The Kier molecular flexibility index (Phi) is 7.68. The molecule has 0 fully saturated rings. The van der Waals surface area contributed by atoms with Gasteiger partial charge in [-0.1, -0.05) is 26.2 Å². The van der Waals surface area contributed by atoms with E-state index in [1.165, 1.54) is 0 Å². The van der Waals surface area contributed by atoms with Gasteiger partial charge >= 0.3 is 11.9 Å². The van der Waals surface area contributed by atoms with Crippen LogP contribution >= 0.6 is 0 Å². The van der Waals surface area contributed by atoms with Crippen molar-refractivity contribution >= 4 is 11.9 Å². The van der Waals surface area contributed by atoms with Crippen molar-refractivity contribution in [2.75, 3.05) is 0 Å². The summed E-state index contributed by atoms with van der Waals surface area (Å²) in [6.07, 6.45) is 4.63. The van der Waals surface area contributed by atoms with Gasteiger partial charge in [0.25, 0.3) is 0 Å². The second-order valence-electron chi connectivity index (χ2n) is 3.82. The molecular formula is C11H20O4. The van der Waals surface area contributed by atoms with Crippen LogP contribution in [0.15, 0.2) is 0 Å². The molecule has 0 aliphatic carbocycles. The Labute approximate surface area is 90.3 Å². The van der Waals surface area contributed by atoms with E-state index >= 15 is 0 Å². The van der Waals surface area contributed by atoms with E-state index in [4.69, 9.17) is 10.2 Å². The fraction of sp³-hybridized carbons (Fsp3) is 0.818. The molecule has 1 unspecified atom stereocenters. The van der Waals surface area contributed by atoms with Crippen LogP contribution < -0.4 is 0 Å². The molecule has 0 aliphatic rings. The first-order valence-electron chi connectivity index (χ1n) is 5.52. The molecule has 0 saturated carbocycles. The van der Waals surface area contributed by atoms with E-state index in [0.29, 0.717) is 25.7 Å². The zero-order chi connectivity index (χ0) is 11.7. The molecule has 0 heterocycles. The Bertz CT molecular complexity index is 201. The van der Waals surface area contributed by atoms with Gasteiger partial charge in [0.15, 0.2) is 0 Å². The van der Waals surface area contributed by atoms with Gasteiger partial charge in [0.1, 0.15) is 0 Å². The number of carboxylic acid groups (broad SMARTS) is 2. The summed E-state index contributed by atoms with van der Waals surface area (Å²) in [5, 5.41) is 17.3. The Morgan fingerprint density at radius 1 is 1.07 bits per heavy atom. The number of unbranched alkanes of at least 4 members (excludes halogenated alkanes) is 2. The Balaban J connectivity index is 3.66. The topological polar surface area (TPSA) is 74.6 Å². The first-order valence-corrected chi connectivity index (χ1v) is 5.52. The van der Waals surface area contributed by atoms with Crippen molar-refractivity contribution in [3.05, 3.63) is 0 Å². The van der Waals surface area contributed by atoms with E-state index in [-0.39, 0.29) is 12.3 Å². The van der Waals surface area contributed by atoms with Crippen molar-refractivity contribution in [1.82, 2.24) is 0 Å². The molecule has 0 rings (SSSR count). The lowest BCUT2D eigenvalue weighted by Crippen LogP contribution is -2.13. The number of hydrogen-bond acceptors (Lipinski definition) is 2. The molecule has 1 atom stereocenters. The summed E-state index contributed by atoms with van der Waals surface area (Å²) >= 11 is 0. The number of carboxylic acids is 2. The van der Waals surface area contributed by atoms with Gasteiger partial charge in [0.05, 0.1) is 5.92 Å². The van der Waals surface area contributed by atoms with Gasteiger partial charge in [-0.2, -0.15) is 0 Å². The summed E-state index contributed by atoms with van der Waals surface area (Å²) in [5.74, 6) is -1.85. The highest BCUT2D eigenvalue weighted by atomic mass is 16.4. The van der Waals surface area contributed by atoms with E-state index in [0.717, 1.165) is 12.8 Å². The molecule has 0 amide bonds. The third-order valence-electron chi connectivity index (χ3n) is 2.45. The van der Waals surface area contributed by atoms with E-state index in [1.807, 2.05) is 6.92 Å². The van der Waals surface area contributed by atoms with Gasteiger partial charge in [-0.3, -0.25) is 9.59 Å². The highest BCUT2D eigenvalue weighted by molar-refractivity contribution is 5.69. The summed E-state index contributed by atoms with van der Waals surface area (Å²) in [6, 6.07) is 0. The Hall–Kier alpha value is -1.06. The third-order valence-corrected chi connectivity index (χ3v) is 2.45. The maximum absolute atomic E-state index is 10.8. The summed E-state index contributed by atoms with van der Waals surface area (Å²) in [5.41, 5.74) is 0. The van der Waals surface area contributed by atoms with Crippen LogP contribution in [0, 0.1) is 5.92 Å². The molecule has 2 N–H and O–H groups in total. The summed E-state index contributed by atoms with van der Waals surface area (Å²) in [6.45, 7) is 2.03. The molecule has 0 aromatic rings. The van der Waals surface area contributed by atoms with Gasteiger partial charge in [-0.05, 0) is 19.3 Å². The second kappa shape index (κ2) is 8.26. The zero-order valence-electron chi connectivity index (χ0n) is 9.24. The number of aliphatic carboxylic acids is 2. The Morgan fingerprint density at radius 2 is 1.67 bits per heavy atom. The molecule has 0 saturated heterocycles. The number of hydrogen-bond donors (Lipinski definition) is 2. The minimum absolute atomic E-state index is 0.139. The minimum Gasteiger partial charge on any atom is -0.481 e. The van der Waals surface area contributed by atoms with Crippen molar-refractivity contribution in [2.45, 2.75) is 51.9 Å². The molecule has 4 nitrogen and oxygen atoms in total. The molecule has 0 bridgehead atoms. The zero-order valence-corrected chi connectivity index (χ0v) is 9.24. The molecule has 0 radical (unpaired) electrons. The highest BCUT2D eigenvalue weighted by Gasteiger charge is 2.15. The van der Waals surface area contributed by atoms with Crippen LogP contribution in [-0.2, 0) is 9.59 Å². The smallest absolute Gasteiger partial charge is 0.306 e. The average Bonchev–Trinajstić information content (AvgIpc) is 2.15. The van der Waals surface area contributed by atoms with Gasteiger partial charge in [-0.25, -0.2) is 0 Å². The summed E-state index contributed by atoms with van der Waals surface area (Å²) < 4.78 is 0. The average molecular weight is 216 g/mol. The second-order valence-corrected chi connectivity index (χ2v) is 3.82. The third kappa shape index (κ3) is 7.97. The Morgan fingerprint density at radius 3 is 2.13 bits per heavy atom. The fourth-order valence-electron chi connectivity index (χ4n) is 1.51. The van der Waals surface area contributed by atoms with Crippen molar-refractivity contribution in [2.24, 2.45) is 5.92 Å². The SMILES string of the molecule is CCCCC(CCCCC(=O)O)C(=O)O. The maximum Gasteiger partial charge on any atom is 0.306 e. The van der Waals surface area contributed by atoms with Crippen LogP contribution in [0.1, 0.15) is 51.9 Å². The fourth-order valence-corrected chi connectivity index (χ4v) is 1.51. The molecule has 88 valence electrons. The van der Waals surface area contributed by atoms with Crippen LogP contribution in [0.25, 0.3) is 0 Å². The lowest BCUT2D eigenvalue weighted by Gasteiger charge is -2.10. The summed E-state index contributed by atoms with van der Waals surface area (Å²) in [4.78, 5) is 21.1. The predicted octanol–water partition coefficient (Wildman–Crippen LogP) is 2.52. The number of rotatable bonds is 9. The first-order chi connectivity index (χ1) is 7.07. The predicted molar refractivity (Wildman–Crippen MR) is 56.8 cm³/mol.